The van der Waals surface area contributed by atoms with Crippen molar-refractivity contribution in [3.63, 3.8) is 0 Å². The van der Waals surface area contributed by atoms with Gasteiger partial charge >= 0.3 is 5.97 Å². The summed E-state index contributed by atoms with van der Waals surface area (Å²) in [5.74, 6) is -1.85. The minimum atomic E-state index is -1.15. The Balaban J connectivity index is 1.99. The molecule has 3 N–H and O–H groups in total. The molecule has 0 aliphatic heterocycles. The average Bonchev–Trinajstić information content (AvgIpc) is 2.68. The largest absolute Gasteiger partial charge is 0.506 e. The van der Waals surface area contributed by atoms with E-state index in [9.17, 15) is 14.7 Å². The highest BCUT2D eigenvalue weighted by Crippen LogP contribution is 2.40. The number of carbonyl (C=O) groups excluding carboxylic acids is 1. The van der Waals surface area contributed by atoms with Crippen molar-refractivity contribution in [3.05, 3.63) is 82.5 Å². The van der Waals surface area contributed by atoms with Crippen LogP contribution in [0.25, 0.3) is 0 Å². The zero-order valence-electron chi connectivity index (χ0n) is 19.5. The van der Waals surface area contributed by atoms with Gasteiger partial charge in [-0.25, -0.2) is 4.79 Å². The normalized spacial score (nSPS) is 17.3. The zero-order valence-corrected chi connectivity index (χ0v) is 19.5. The van der Waals surface area contributed by atoms with Crippen LogP contribution in [-0.2, 0) is 4.79 Å². The van der Waals surface area contributed by atoms with E-state index in [0.29, 0.717) is 0 Å². The van der Waals surface area contributed by atoms with Gasteiger partial charge in [0, 0.05) is 6.08 Å². The summed E-state index contributed by atoms with van der Waals surface area (Å²) in [5.41, 5.74) is 5.06. The molecule has 1 aliphatic carbocycles. The monoisotopic (exact) mass is 435 g/mol. The molecule has 0 saturated carbocycles. The lowest BCUT2D eigenvalue weighted by molar-refractivity contribution is -0.112. The SMILES string of the molecule is CC1=C(/C=C/C(C)=C/C=C/C(C)=C/C(=O)Nc2ccc(C(=O)O)cc2O)C(C)(C)CCC1. The van der Waals surface area contributed by atoms with Gasteiger partial charge in [-0.05, 0) is 74.8 Å². The molecule has 0 heterocycles. The molecule has 0 spiro atoms. The van der Waals surface area contributed by atoms with E-state index >= 15 is 0 Å². The second-order valence-electron chi connectivity index (χ2n) is 8.95. The van der Waals surface area contributed by atoms with Crippen LogP contribution in [0.1, 0.15) is 64.2 Å². The molecule has 5 heteroatoms. The molecule has 0 radical (unpaired) electrons. The Kier molecular flexibility index (Phi) is 8.41. The van der Waals surface area contributed by atoms with E-state index in [-0.39, 0.29) is 22.4 Å². The van der Waals surface area contributed by atoms with Crippen molar-refractivity contribution < 1.29 is 19.8 Å². The summed E-state index contributed by atoms with van der Waals surface area (Å²) in [4.78, 5) is 23.1. The number of phenols is 1. The van der Waals surface area contributed by atoms with Crippen LogP contribution in [0.5, 0.6) is 5.75 Å². The third-order valence-corrected chi connectivity index (χ3v) is 5.63. The van der Waals surface area contributed by atoms with E-state index in [1.165, 1.54) is 48.6 Å². The highest BCUT2D eigenvalue weighted by molar-refractivity contribution is 6.01. The average molecular weight is 436 g/mol. The van der Waals surface area contributed by atoms with Gasteiger partial charge in [0.2, 0.25) is 5.91 Å². The first-order valence-electron chi connectivity index (χ1n) is 10.8. The molecule has 2 rings (SSSR count). The summed E-state index contributed by atoms with van der Waals surface area (Å²) in [6.45, 7) is 10.7. The highest BCUT2D eigenvalue weighted by atomic mass is 16.4. The highest BCUT2D eigenvalue weighted by Gasteiger charge is 2.26. The maximum Gasteiger partial charge on any atom is 0.335 e. The molecule has 32 heavy (non-hydrogen) atoms. The lowest BCUT2D eigenvalue weighted by Gasteiger charge is -2.32. The fourth-order valence-corrected chi connectivity index (χ4v) is 3.83. The van der Waals surface area contributed by atoms with Crippen molar-refractivity contribution in [1.82, 2.24) is 0 Å². The lowest BCUT2D eigenvalue weighted by Crippen LogP contribution is -2.19. The summed E-state index contributed by atoms with van der Waals surface area (Å²) < 4.78 is 0. The number of carboxylic acid groups (broad SMARTS) is 1. The Labute approximate surface area is 190 Å². The summed E-state index contributed by atoms with van der Waals surface area (Å²) in [6, 6.07) is 3.78. The molecule has 0 fully saturated rings. The van der Waals surface area contributed by atoms with Crippen molar-refractivity contribution in [3.8, 4) is 5.75 Å². The van der Waals surface area contributed by atoms with Crippen LogP contribution in [0.15, 0.2) is 76.9 Å². The summed E-state index contributed by atoms with van der Waals surface area (Å²) in [7, 11) is 0. The van der Waals surface area contributed by atoms with E-state index in [2.05, 4.69) is 38.2 Å². The van der Waals surface area contributed by atoms with E-state index in [0.717, 1.165) is 17.2 Å². The minimum Gasteiger partial charge on any atom is -0.506 e. The number of carbonyl (C=O) groups is 2. The number of nitrogens with one attached hydrogen (secondary N) is 1. The number of phenolic OH excluding ortho intramolecular Hbond substituents is 1. The molecule has 5 nitrogen and oxygen atoms in total. The van der Waals surface area contributed by atoms with Crippen molar-refractivity contribution in [2.45, 2.75) is 53.9 Å². The van der Waals surface area contributed by atoms with Crippen molar-refractivity contribution >= 4 is 17.6 Å². The topological polar surface area (TPSA) is 86.6 Å². The molecule has 0 atom stereocenters. The van der Waals surface area contributed by atoms with Gasteiger partial charge in [0.25, 0.3) is 0 Å². The first kappa shape index (κ1) is 24.9. The van der Waals surface area contributed by atoms with Gasteiger partial charge in [0.15, 0.2) is 0 Å². The summed E-state index contributed by atoms with van der Waals surface area (Å²) >= 11 is 0. The number of aromatic carboxylic acids is 1. The van der Waals surface area contributed by atoms with Crippen LogP contribution in [0, 0.1) is 5.41 Å². The molecular formula is C27H33NO4. The molecule has 1 aliphatic rings. The predicted octanol–water partition coefficient (Wildman–Crippen LogP) is 6.56. The van der Waals surface area contributed by atoms with E-state index in [4.69, 9.17) is 5.11 Å². The molecule has 1 aromatic rings. The molecule has 0 bridgehead atoms. The van der Waals surface area contributed by atoms with E-state index in [1.807, 2.05) is 25.2 Å². The van der Waals surface area contributed by atoms with Crippen molar-refractivity contribution in [2.24, 2.45) is 5.41 Å². The Morgan fingerprint density at radius 3 is 2.47 bits per heavy atom. The van der Waals surface area contributed by atoms with Crippen LogP contribution in [0.3, 0.4) is 0 Å². The number of rotatable bonds is 7. The Morgan fingerprint density at radius 2 is 1.84 bits per heavy atom. The molecule has 1 amide bonds. The second kappa shape index (κ2) is 10.8. The van der Waals surface area contributed by atoms with E-state index in [1.54, 1.807) is 6.92 Å². The van der Waals surface area contributed by atoms with Gasteiger partial charge in [0.05, 0.1) is 11.3 Å². The van der Waals surface area contributed by atoms with Crippen molar-refractivity contribution in [1.29, 1.82) is 0 Å². The van der Waals surface area contributed by atoms with E-state index < -0.39 is 11.9 Å². The first-order chi connectivity index (χ1) is 15.0. The van der Waals surface area contributed by atoms with Gasteiger partial charge in [-0.3, -0.25) is 4.79 Å². The van der Waals surface area contributed by atoms with Gasteiger partial charge in [0.1, 0.15) is 5.75 Å². The number of amides is 1. The number of hydrogen-bond donors (Lipinski definition) is 3. The van der Waals surface area contributed by atoms with Gasteiger partial charge in [-0.1, -0.05) is 55.4 Å². The van der Waals surface area contributed by atoms with Crippen LogP contribution in [0.4, 0.5) is 5.69 Å². The number of benzene rings is 1. The number of carboxylic acids is 1. The number of allylic oxidation sites excluding steroid dienone is 9. The Bertz CT molecular complexity index is 1040. The maximum absolute atomic E-state index is 12.2. The van der Waals surface area contributed by atoms with Crippen LogP contribution < -0.4 is 5.32 Å². The minimum absolute atomic E-state index is 0.0511. The third kappa shape index (κ3) is 7.12. The summed E-state index contributed by atoms with van der Waals surface area (Å²) in [6.07, 6.45) is 15.1. The number of hydrogen-bond acceptors (Lipinski definition) is 3. The van der Waals surface area contributed by atoms with Gasteiger partial charge < -0.3 is 15.5 Å². The standard InChI is InChI=1S/C27H33NO4/c1-18(11-13-22-20(3)10-7-15-27(22,4)5)8-6-9-19(2)16-25(30)28-23-14-12-21(26(31)32)17-24(23)29/h6,8-9,11-14,16-17,29H,7,10,15H2,1-5H3,(H,28,30)(H,31,32)/b9-6+,13-11+,18-8+,19-16+. The number of aromatic hydroxyl groups is 1. The predicted molar refractivity (Wildman–Crippen MR) is 130 cm³/mol. The molecule has 170 valence electrons. The van der Waals surface area contributed by atoms with Crippen LogP contribution >= 0.6 is 0 Å². The lowest BCUT2D eigenvalue weighted by atomic mass is 9.72. The van der Waals surface area contributed by atoms with Crippen LogP contribution in [-0.4, -0.2) is 22.1 Å². The second-order valence-corrected chi connectivity index (χ2v) is 8.95. The third-order valence-electron chi connectivity index (χ3n) is 5.63. The van der Waals surface area contributed by atoms with Crippen LogP contribution in [0.2, 0.25) is 0 Å². The molecule has 1 aromatic carbocycles. The van der Waals surface area contributed by atoms with Gasteiger partial charge in [-0.2, -0.15) is 0 Å². The first-order valence-corrected chi connectivity index (χ1v) is 10.8. The Morgan fingerprint density at radius 1 is 1.12 bits per heavy atom. The zero-order chi connectivity index (χ0) is 23.9. The molecule has 0 aromatic heterocycles. The molecule has 0 saturated heterocycles. The quantitative estimate of drug-likeness (QED) is 0.257. The Hall–Kier alpha value is -3.34. The molecule has 0 unspecified atom stereocenters. The smallest absolute Gasteiger partial charge is 0.335 e. The summed E-state index contributed by atoms with van der Waals surface area (Å²) in [5, 5.41) is 21.4. The molecular weight excluding hydrogens is 402 g/mol. The number of anilines is 1. The van der Waals surface area contributed by atoms with Crippen molar-refractivity contribution in [2.75, 3.05) is 5.32 Å². The maximum atomic E-state index is 12.2. The fourth-order valence-electron chi connectivity index (χ4n) is 3.83. The fraction of sp³-hybridized carbons (Fsp3) is 0.333. The van der Waals surface area contributed by atoms with Gasteiger partial charge in [-0.15, -0.1) is 0 Å².